The molecule has 0 bridgehead atoms. The fraction of sp³-hybridized carbons (Fsp3) is 0.739. The van der Waals surface area contributed by atoms with Gasteiger partial charge in [0.05, 0.1) is 13.2 Å². The van der Waals surface area contributed by atoms with Gasteiger partial charge in [0.15, 0.2) is 0 Å². The molecule has 0 spiro atoms. The first kappa shape index (κ1) is 89.3. The average Bonchev–Trinajstić information content (AvgIpc) is 0.770. The van der Waals surface area contributed by atoms with E-state index in [9.17, 15) is 0 Å². The van der Waals surface area contributed by atoms with Gasteiger partial charge in [0.1, 0.15) is 23.0 Å². The van der Waals surface area contributed by atoms with Crippen molar-refractivity contribution in [1.29, 1.82) is 0 Å². The van der Waals surface area contributed by atoms with Crippen molar-refractivity contribution in [3.8, 4) is 23.0 Å². The Kier molecular flexibility index (Phi) is 50.2. The molecule has 0 aromatic heterocycles. The van der Waals surface area contributed by atoms with E-state index in [0.29, 0.717) is 13.2 Å². The molecule has 0 amide bonds. The van der Waals surface area contributed by atoms with Crippen LogP contribution in [-0.4, -0.2) is 13.2 Å². The van der Waals surface area contributed by atoms with Gasteiger partial charge in [-0.3, -0.25) is 9.05 Å². The Morgan fingerprint density at radius 1 is 0.290 bits per heavy atom. The summed E-state index contributed by atoms with van der Waals surface area (Å²) in [7, 11) is -3.49. The molecule has 2 unspecified atom stereocenters. The zero-order valence-electron chi connectivity index (χ0n) is 67.6. The predicted octanol–water partition coefficient (Wildman–Crippen LogP) is 32.3. The highest BCUT2D eigenvalue weighted by Crippen LogP contribution is 2.50. The van der Waals surface area contributed by atoms with Crippen molar-refractivity contribution in [3.63, 3.8) is 0 Å². The molecule has 2 atom stereocenters. The molecular formula is C92H156O6P2. The van der Waals surface area contributed by atoms with E-state index in [0.717, 1.165) is 74.4 Å². The SMILES string of the molecule is CCCCCCCCCCCCCCCCCCOP(Oc1ccc(CCCCCCCCC)cc1)Oc1cc(C)c(C(CCC)c2cc(C(C)(C)C)c(OP(OCCCCCCCCCCCCCCCCCC)Oc3ccc(CCCCCCCCC)cc3)cc2C)cc1C(C)(C)C. The van der Waals surface area contributed by atoms with E-state index < -0.39 is 17.2 Å². The first-order chi connectivity index (χ1) is 48.6. The maximum Gasteiger partial charge on any atom is 0.463 e. The van der Waals surface area contributed by atoms with Crippen molar-refractivity contribution in [2.75, 3.05) is 13.2 Å². The van der Waals surface area contributed by atoms with Crippen LogP contribution >= 0.6 is 17.2 Å². The smallest absolute Gasteiger partial charge is 0.418 e. The quantitative estimate of drug-likeness (QED) is 0.0324. The van der Waals surface area contributed by atoms with Crippen LogP contribution in [0.5, 0.6) is 23.0 Å². The minimum absolute atomic E-state index is 0.155. The lowest BCUT2D eigenvalue weighted by molar-refractivity contribution is 0.256. The summed E-state index contributed by atoms with van der Waals surface area (Å²) in [5.74, 6) is 3.46. The van der Waals surface area contributed by atoms with E-state index in [1.165, 1.54) is 314 Å². The lowest BCUT2D eigenvalue weighted by Gasteiger charge is -2.31. The molecule has 0 heterocycles. The standard InChI is InChI=1S/C92H156O6P2/c1-14-19-23-27-31-33-35-37-39-41-43-45-47-51-55-59-72-93-99(95-82-68-64-80(65-69-82)62-57-53-49-29-25-21-16-3)97-89-74-78(6)85(76-87(89)91(8,9)10)84(61-18-5)86-77-88(92(11,12)13)90(75-79(86)7)98-100(96-83-70-66-81(67-71-83)63-58-54-50-30-26-22-17-4)94-73-60-56-52-48-46-44-42-40-38-36-34-32-28-24-20-15-2/h64-71,74-77,84H,14-63,72-73H2,1-13H3. The zero-order chi connectivity index (χ0) is 72.2. The normalized spacial score (nSPS) is 12.9. The van der Waals surface area contributed by atoms with E-state index in [1.807, 2.05) is 0 Å². The van der Waals surface area contributed by atoms with Gasteiger partial charge >= 0.3 is 17.2 Å². The second-order valence-electron chi connectivity index (χ2n) is 32.4. The molecule has 0 saturated heterocycles. The Bertz CT molecular complexity index is 2410. The van der Waals surface area contributed by atoms with Crippen LogP contribution in [0.15, 0.2) is 72.8 Å². The Balaban J connectivity index is 1.52. The van der Waals surface area contributed by atoms with Gasteiger partial charge in [-0.1, -0.05) is 389 Å². The van der Waals surface area contributed by atoms with Crippen molar-refractivity contribution < 1.29 is 27.1 Å². The van der Waals surface area contributed by atoms with Crippen molar-refractivity contribution in [3.05, 3.63) is 117 Å². The van der Waals surface area contributed by atoms with Crippen LogP contribution < -0.4 is 18.1 Å². The first-order valence-corrected chi connectivity index (χ1v) is 44.9. The molecule has 0 N–H and O–H groups in total. The van der Waals surface area contributed by atoms with Crippen molar-refractivity contribution in [2.45, 2.75) is 428 Å². The zero-order valence-corrected chi connectivity index (χ0v) is 69.4. The lowest BCUT2D eigenvalue weighted by Crippen LogP contribution is -2.17. The fourth-order valence-corrected chi connectivity index (χ4v) is 16.4. The van der Waals surface area contributed by atoms with Gasteiger partial charge < -0.3 is 18.1 Å². The number of aryl methyl sites for hydroxylation is 4. The topological polar surface area (TPSA) is 55.4 Å². The third kappa shape index (κ3) is 40.4. The molecule has 8 heteroatoms. The maximum absolute atomic E-state index is 7.13. The summed E-state index contributed by atoms with van der Waals surface area (Å²) in [4.78, 5) is 0. The summed E-state index contributed by atoms with van der Waals surface area (Å²) < 4.78 is 41.3. The highest BCUT2D eigenvalue weighted by atomic mass is 31.2. The van der Waals surface area contributed by atoms with Gasteiger partial charge in [-0.2, -0.15) is 0 Å². The molecule has 0 fully saturated rings. The summed E-state index contributed by atoms with van der Waals surface area (Å²) in [5, 5.41) is 0. The number of benzene rings is 4. The molecule has 0 saturated carbocycles. The van der Waals surface area contributed by atoms with E-state index >= 15 is 0 Å². The number of hydrogen-bond donors (Lipinski definition) is 0. The number of unbranched alkanes of at least 4 members (excludes halogenated alkanes) is 42. The van der Waals surface area contributed by atoms with E-state index in [1.54, 1.807) is 0 Å². The van der Waals surface area contributed by atoms with Gasteiger partial charge in [-0.25, -0.2) is 0 Å². The van der Waals surface area contributed by atoms with Crippen LogP contribution in [0.25, 0.3) is 0 Å². The first-order valence-electron chi connectivity index (χ1n) is 42.7. The predicted molar refractivity (Wildman–Crippen MR) is 440 cm³/mol. The fourth-order valence-electron chi connectivity index (χ4n) is 14.3. The Morgan fingerprint density at radius 2 is 0.540 bits per heavy atom. The molecule has 100 heavy (non-hydrogen) atoms. The van der Waals surface area contributed by atoms with Crippen LogP contribution in [0.1, 0.15) is 435 Å². The summed E-state index contributed by atoms with van der Waals surface area (Å²) in [6.45, 7) is 31.2. The van der Waals surface area contributed by atoms with Crippen LogP contribution in [0.3, 0.4) is 0 Å². The van der Waals surface area contributed by atoms with Gasteiger partial charge in [0, 0.05) is 17.0 Å². The Labute approximate surface area is 622 Å². The molecule has 0 aliphatic rings. The number of rotatable bonds is 64. The maximum atomic E-state index is 7.13. The van der Waals surface area contributed by atoms with Crippen LogP contribution in [0.4, 0.5) is 0 Å². The van der Waals surface area contributed by atoms with Gasteiger partial charge in [-0.15, -0.1) is 0 Å². The molecule has 570 valence electrons. The molecule has 4 rings (SSSR count). The molecule has 0 radical (unpaired) electrons. The minimum atomic E-state index is -1.74. The molecule has 0 aliphatic heterocycles. The molecule has 4 aromatic rings. The van der Waals surface area contributed by atoms with Crippen molar-refractivity contribution in [1.82, 2.24) is 0 Å². The third-order valence-corrected chi connectivity index (χ3v) is 23.0. The van der Waals surface area contributed by atoms with Crippen molar-refractivity contribution in [2.24, 2.45) is 0 Å². The third-order valence-electron chi connectivity index (χ3n) is 20.8. The Hall–Kier alpha value is -3.14. The van der Waals surface area contributed by atoms with Gasteiger partial charge in [0.25, 0.3) is 0 Å². The monoisotopic (exact) mass is 1420 g/mol. The highest BCUT2D eigenvalue weighted by molar-refractivity contribution is 7.42. The van der Waals surface area contributed by atoms with Gasteiger partial charge in [-0.05, 0) is 139 Å². The van der Waals surface area contributed by atoms with Crippen LogP contribution in [-0.2, 0) is 32.7 Å². The minimum Gasteiger partial charge on any atom is -0.418 e. The van der Waals surface area contributed by atoms with E-state index in [2.05, 4.69) is 163 Å². The summed E-state index contributed by atoms with van der Waals surface area (Å²) in [5.41, 5.74) is 9.75. The molecular weight excluding hydrogens is 1260 g/mol. The summed E-state index contributed by atoms with van der Waals surface area (Å²) in [6.07, 6.45) is 65.7. The highest BCUT2D eigenvalue weighted by Gasteiger charge is 2.31. The van der Waals surface area contributed by atoms with Crippen molar-refractivity contribution >= 4 is 17.2 Å². The molecule has 4 aromatic carbocycles. The van der Waals surface area contributed by atoms with E-state index in [4.69, 9.17) is 27.1 Å². The number of hydrogen-bond acceptors (Lipinski definition) is 6. The summed E-state index contributed by atoms with van der Waals surface area (Å²) >= 11 is 0. The average molecular weight is 1420 g/mol. The largest absolute Gasteiger partial charge is 0.463 e. The van der Waals surface area contributed by atoms with E-state index in [-0.39, 0.29) is 16.7 Å². The second-order valence-corrected chi connectivity index (χ2v) is 34.5. The molecule has 0 aliphatic carbocycles. The van der Waals surface area contributed by atoms with Crippen LogP contribution in [0, 0.1) is 13.8 Å². The lowest BCUT2D eigenvalue weighted by atomic mass is 9.76. The van der Waals surface area contributed by atoms with Gasteiger partial charge in [0.2, 0.25) is 0 Å². The van der Waals surface area contributed by atoms with Crippen LogP contribution in [0.2, 0.25) is 0 Å². The second kappa shape index (κ2) is 56.2. The molecule has 6 nitrogen and oxygen atoms in total. The summed E-state index contributed by atoms with van der Waals surface area (Å²) in [6, 6.07) is 27.0. The Morgan fingerprint density at radius 3 is 0.790 bits per heavy atom.